The maximum atomic E-state index is 13.4. The third kappa shape index (κ3) is 6.74. The minimum absolute atomic E-state index is 0.0550. The number of carbonyl (C=O) groups excluding carboxylic acids is 2. The first-order valence-electron chi connectivity index (χ1n) is 11.0. The number of nitrogens with one attached hydrogen (secondary N) is 1. The molecule has 1 N–H and O–H groups in total. The Kier molecular flexibility index (Phi) is 8.58. The number of ether oxygens (including phenoxy) is 2. The Balaban J connectivity index is 1.62. The largest absolute Gasteiger partial charge is 0.493 e. The predicted octanol–water partition coefficient (Wildman–Crippen LogP) is 6.31. The Morgan fingerprint density at radius 3 is 2.38 bits per heavy atom. The lowest BCUT2D eigenvalue weighted by Crippen LogP contribution is -2.44. The Labute approximate surface area is 227 Å². The number of benzene rings is 3. The van der Waals surface area contributed by atoms with Crippen LogP contribution >= 0.6 is 35.0 Å². The van der Waals surface area contributed by atoms with Crippen molar-refractivity contribution in [2.45, 2.75) is 18.2 Å². The second kappa shape index (κ2) is 11.9. The molecule has 0 bridgehead atoms. The van der Waals surface area contributed by atoms with E-state index in [0.717, 1.165) is 17.3 Å². The van der Waals surface area contributed by atoms with Crippen LogP contribution in [0.3, 0.4) is 0 Å². The lowest BCUT2D eigenvalue weighted by Gasteiger charge is -2.32. The van der Waals surface area contributed by atoms with E-state index in [2.05, 4.69) is 10.3 Å². The topological polar surface area (TPSA) is 80.2 Å². The van der Waals surface area contributed by atoms with E-state index in [1.165, 1.54) is 43.4 Å². The first kappa shape index (κ1) is 26.8. The molecule has 1 aliphatic rings. The molecule has 1 fully saturated rings. The number of amidine groups is 1. The quantitative estimate of drug-likeness (QED) is 0.365. The number of thioether (sulfide) groups is 1. The first-order chi connectivity index (χ1) is 17.7. The Morgan fingerprint density at radius 1 is 1.05 bits per heavy atom. The molecule has 2 amide bonds. The molecule has 7 nitrogen and oxygen atoms in total. The lowest BCUT2D eigenvalue weighted by atomic mass is 10.1. The number of amides is 2. The van der Waals surface area contributed by atoms with E-state index in [1.807, 2.05) is 6.07 Å². The van der Waals surface area contributed by atoms with Gasteiger partial charge >= 0.3 is 0 Å². The van der Waals surface area contributed by atoms with Crippen LogP contribution < -0.4 is 14.8 Å². The van der Waals surface area contributed by atoms with Crippen LogP contribution in [0.2, 0.25) is 10.0 Å². The standard InChI is InChI=1S/C26H22Cl2FN3O4S/c1-35-21-8-3-15(9-22(21)36-2)14-32-24(33)13-23(25(34)30-20-11-16(27)10-17(28)12-20)37-26(32)31-19-6-4-18(29)5-7-19/h3-12,23H,13-14H2,1-2H3,(H,30,34). The van der Waals surface area contributed by atoms with E-state index in [-0.39, 0.29) is 18.9 Å². The van der Waals surface area contributed by atoms with Crippen LogP contribution in [0.5, 0.6) is 11.5 Å². The van der Waals surface area contributed by atoms with Crippen molar-refractivity contribution in [3.05, 3.63) is 82.1 Å². The molecule has 11 heteroatoms. The van der Waals surface area contributed by atoms with Gasteiger partial charge in [0, 0.05) is 22.2 Å². The molecule has 1 atom stereocenters. The summed E-state index contributed by atoms with van der Waals surface area (Å²) < 4.78 is 24.1. The van der Waals surface area contributed by atoms with E-state index in [4.69, 9.17) is 32.7 Å². The number of hydrogen-bond acceptors (Lipinski definition) is 6. The summed E-state index contributed by atoms with van der Waals surface area (Å²) in [7, 11) is 3.07. The predicted molar refractivity (Wildman–Crippen MR) is 145 cm³/mol. The molecule has 3 aromatic rings. The van der Waals surface area contributed by atoms with Crippen LogP contribution in [0.15, 0.2) is 65.7 Å². The summed E-state index contributed by atoms with van der Waals surface area (Å²) in [5.41, 5.74) is 1.63. The number of halogens is 3. The normalized spacial score (nSPS) is 16.6. The number of methoxy groups -OCH3 is 2. The van der Waals surface area contributed by atoms with Crippen LogP contribution in [0.25, 0.3) is 0 Å². The van der Waals surface area contributed by atoms with Crippen molar-refractivity contribution >= 4 is 63.3 Å². The average Bonchev–Trinajstić information content (AvgIpc) is 2.86. The van der Waals surface area contributed by atoms with Crippen molar-refractivity contribution in [1.29, 1.82) is 0 Å². The van der Waals surface area contributed by atoms with Crippen molar-refractivity contribution in [3.63, 3.8) is 0 Å². The Bertz CT molecular complexity index is 1330. The number of carbonyl (C=O) groups is 2. The molecular weight excluding hydrogens is 540 g/mol. The highest BCUT2D eigenvalue weighted by atomic mass is 35.5. The van der Waals surface area contributed by atoms with Crippen LogP contribution in [0.4, 0.5) is 15.8 Å². The molecule has 4 rings (SSSR count). The van der Waals surface area contributed by atoms with Gasteiger partial charge in [0.1, 0.15) is 11.1 Å². The van der Waals surface area contributed by atoms with E-state index in [9.17, 15) is 14.0 Å². The molecule has 0 saturated carbocycles. The van der Waals surface area contributed by atoms with Crippen LogP contribution in [-0.2, 0) is 16.1 Å². The fourth-order valence-corrected chi connectivity index (χ4v) is 5.26. The van der Waals surface area contributed by atoms with E-state index < -0.39 is 17.0 Å². The zero-order chi connectivity index (χ0) is 26.5. The maximum Gasteiger partial charge on any atom is 0.238 e. The highest BCUT2D eigenvalue weighted by molar-refractivity contribution is 8.15. The molecule has 1 saturated heterocycles. The third-order valence-electron chi connectivity index (χ3n) is 5.40. The molecule has 192 valence electrons. The van der Waals surface area contributed by atoms with Crippen LogP contribution in [0.1, 0.15) is 12.0 Å². The fourth-order valence-electron chi connectivity index (χ4n) is 3.63. The fraction of sp³-hybridized carbons (Fsp3) is 0.192. The Hall–Kier alpha value is -3.27. The first-order valence-corrected chi connectivity index (χ1v) is 12.7. The van der Waals surface area contributed by atoms with Gasteiger partial charge in [-0.3, -0.25) is 14.5 Å². The molecule has 3 aromatic carbocycles. The SMILES string of the molecule is COc1ccc(CN2C(=O)CC(C(=O)Nc3cc(Cl)cc(Cl)c3)SC2=Nc2ccc(F)cc2)cc1OC. The molecular formula is C26H22Cl2FN3O4S. The second-order valence-corrected chi connectivity index (χ2v) is 10.0. The van der Waals surface area contributed by atoms with Gasteiger partial charge in [-0.25, -0.2) is 9.38 Å². The van der Waals surface area contributed by atoms with Gasteiger partial charge in [-0.15, -0.1) is 0 Å². The van der Waals surface area contributed by atoms with Crippen LogP contribution in [-0.4, -0.2) is 41.4 Å². The summed E-state index contributed by atoms with van der Waals surface area (Å²) in [6.45, 7) is 0.185. The number of nitrogens with zero attached hydrogens (tertiary/aromatic N) is 2. The lowest BCUT2D eigenvalue weighted by molar-refractivity contribution is -0.129. The second-order valence-electron chi connectivity index (χ2n) is 8.00. The minimum atomic E-state index is -0.758. The van der Waals surface area contributed by atoms with Crippen LogP contribution in [0, 0.1) is 5.82 Å². The average molecular weight is 562 g/mol. The number of rotatable bonds is 7. The van der Waals surface area contributed by atoms with Crippen molar-refractivity contribution in [1.82, 2.24) is 4.90 Å². The zero-order valence-corrected chi connectivity index (χ0v) is 22.2. The van der Waals surface area contributed by atoms with E-state index in [1.54, 1.807) is 30.3 Å². The molecule has 0 aromatic heterocycles. The highest BCUT2D eigenvalue weighted by Crippen LogP contribution is 2.33. The number of anilines is 1. The van der Waals surface area contributed by atoms with Crippen molar-refractivity contribution in [2.24, 2.45) is 4.99 Å². The van der Waals surface area contributed by atoms with Gasteiger partial charge in [-0.05, 0) is 60.2 Å². The van der Waals surface area contributed by atoms with Crippen molar-refractivity contribution < 1.29 is 23.5 Å². The number of aliphatic imine (C=N–C) groups is 1. The van der Waals surface area contributed by atoms with Gasteiger partial charge in [-0.2, -0.15) is 0 Å². The third-order valence-corrected chi connectivity index (χ3v) is 7.03. The Morgan fingerprint density at radius 2 is 1.73 bits per heavy atom. The van der Waals surface area contributed by atoms with E-state index >= 15 is 0 Å². The maximum absolute atomic E-state index is 13.4. The summed E-state index contributed by atoms with van der Waals surface area (Å²) >= 11 is 13.2. The molecule has 1 unspecified atom stereocenters. The number of hydrogen-bond donors (Lipinski definition) is 1. The van der Waals surface area contributed by atoms with Gasteiger partial charge < -0.3 is 14.8 Å². The summed E-state index contributed by atoms with van der Waals surface area (Å²) in [4.78, 5) is 32.4. The molecule has 0 radical (unpaired) electrons. The van der Waals surface area contributed by atoms with Gasteiger partial charge in [0.2, 0.25) is 11.8 Å². The monoisotopic (exact) mass is 561 g/mol. The summed E-state index contributed by atoms with van der Waals surface area (Å²) in [5.74, 6) is -0.0147. The van der Waals surface area contributed by atoms with Crippen molar-refractivity contribution in [2.75, 3.05) is 19.5 Å². The van der Waals surface area contributed by atoms with E-state index in [0.29, 0.717) is 38.1 Å². The van der Waals surface area contributed by atoms with Gasteiger partial charge in [0.05, 0.1) is 26.5 Å². The van der Waals surface area contributed by atoms with Gasteiger partial charge in [0.15, 0.2) is 16.7 Å². The summed E-state index contributed by atoms with van der Waals surface area (Å²) in [6, 6.07) is 15.6. The molecule has 1 heterocycles. The highest BCUT2D eigenvalue weighted by Gasteiger charge is 2.36. The summed E-state index contributed by atoms with van der Waals surface area (Å²) in [5, 5.41) is 3.05. The molecule has 37 heavy (non-hydrogen) atoms. The van der Waals surface area contributed by atoms with Gasteiger partial charge in [0.25, 0.3) is 0 Å². The molecule has 0 spiro atoms. The van der Waals surface area contributed by atoms with Gasteiger partial charge in [-0.1, -0.05) is 41.0 Å². The van der Waals surface area contributed by atoms with Crippen molar-refractivity contribution in [3.8, 4) is 11.5 Å². The zero-order valence-electron chi connectivity index (χ0n) is 19.8. The minimum Gasteiger partial charge on any atom is -0.493 e. The smallest absolute Gasteiger partial charge is 0.238 e. The molecule has 1 aliphatic heterocycles. The molecule has 0 aliphatic carbocycles. The summed E-state index contributed by atoms with van der Waals surface area (Å²) in [6.07, 6.45) is -0.0550.